The molecule has 0 spiro atoms. The van der Waals surface area contributed by atoms with Crippen molar-refractivity contribution in [3.8, 4) is 0 Å². The first-order chi connectivity index (χ1) is 10.1. The molecule has 0 amide bonds. The lowest BCUT2D eigenvalue weighted by Crippen LogP contribution is -2.36. The zero-order valence-electron chi connectivity index (χ0n) is 11.3. The number of hydrogen-bond donors (Lipinski definition) is 3. The van der Waals surface area contributed by atoms with Gasteiger partial charge in [0.1, 0.15) is 24.1 Å². The number of nitrogens with zero attached hydrogens (tertiary/aromatic N) is 2. The average Bonchev–Trinajstić information content (AvgIpc) is 2.76. The van der Waals surface area contributed by atoms with Crippen molar-refractivity contribution in [3.63, 3.8) is 0 Å². The number of nitrogens with one attached hydrogen (secondary N) is 1. The highest BCUT2D eigenvalue weighted by atomic mass is 32.4. The predicted octanol–water partition coefficient (Wildman–Crippen LogP) is -0.102. The van der Waals surface area contributed by atoms with E-state index in [0.29, 0.717) is 22.3 Å². The van der Waals surface area contributed by atoms with E-state index in [0.717, 1.165) is 4.57 Å². The third kappa shape index (κ3) is 3.96. The van der Waals surface area contributed by atoms with Crippen LogP contribution in [0.4, 0.5) is 5.82 Å². The van der Waals surface area contributed by atoms with Crippen LogP contribution in [0.3, 0.4) is 0 Å². The number of aliphatic hydroxyl groups is 2. The second kappa shape index (κ2) is 7.89. The second-order valence-corrected chi connectivity index (χ2v) is 9.21. The Balaban J connectivity index is 2.12. The van der Waals surface area contributed by atoms with Crippen molar-refractivity contribution in [2.45, 2.75) is 24.5 Å². The Morgan fingerprint density at radius 1 is 1.57 bits per heavy atom. The van der Waals surface area contributed by atoms with Gasteiger partial charge in [0.2, 0.25) is 0 Å². The molecule has 4 unspecified atom stereocenters. The molecule has 11 heteroatoms. The van der Waals surface area contributed by atoms with Crippen LogP contribution in [0.25, 0.3) is 0 Å². The lowest BCUT2D eigenvalue weighted by Gasteiger charge is -2.17. The summed E-state index contributed by atoms with van der Waals surface area (Å²) in [4.78, 5) is 15.7. The Labute approximate surface area is 127 Å². The molecular weight excluding hydrogens is 335 g/mol. The molecule has 1 saturated heterocycles. The van der Waals surface area contributed by atoms with Gasteiger partial charge in [-0.3, -0.25) is 4.57 Å². The van der Waals surface area contributed by atoms with E-state index in [1.54, 1.807) is 13.1 Å². The molecule has 21 heavy (non-hydrogen) atoms. The molecule has 8 nitrogen and oxygen atoms in total. The minimum Gasteiger partial charge on any atom is -0.387 e. The number of aliphatic hydroxyl groups excluding tert-OH is 2. The zero-order valence-corrected chi connectivity index (χ0v) is 14.4. The first-order valence-corrected chi connectivity index (χ1v) is 10.9. The van der Waals surface area contributed by atoms with Crippen LogP contribution in [0.15, 0.2) is 17.1 Å². The summed E-state index contributed by atoms with van der Waals surface area (Å²) < 4.78 is 12.1. The fraction of sp³-hybridized carbons (Fsp3) is 0.600. The largest absolute Gasteiger partial charge is 0.387 e. The van der Waals surface area contributed by atoms with E-state index in [1.165, 1.54) is 6.20 Å². The van der Waals surface area contributed by atoms with Crippen molar-refractivity contribution in [1.82, 2.24) is 9.55 Å². The zero-order chi connectivity index (χ0) is 15.4. The van der Waals surface area contributed by atoms with Crippen LogP contribution >= 0.6 is 25.4 Å². The molecule has 1 aromatic heterocycles. The summed E-state index contributed by atoms with van der Waals surface area (Å²) in [6, 6.07) is 1.59. The Bertz CT molecular complexity index is 531. The normalized spacial score (nSPS) is 29.9. The summed E-state index contributed by atoms with van der Waals surface area (Å²) in [6.07, 6.45) is -2.49. The highest BCUT2D eigenvalue weighted by Gasteiger charge is 2.44. The smallest absolute Gasteiger partial charge is 0.351 e. The van der Waals surface area contributed by atoms with Crippen LogP contribution in [-0.2, 0) is 9.26 Å². The molecule has 0 radical (unpaired) electrons. The molecule has 1 fully saturated rings. The molecule has 1 aliphatic rings. The summed E-state index contributed by atoms with van der Waals surface area (Å²) in [5, 5.41) is 22.8. The van der Waals surface area contributed by atoms with Gasteiger partial charge in [-0.2, -0.15) is 4.98 Å². The van der Waals surface area contributed by atoms with Gasteiger partial charge in [-0.05, 0) is 6.07 Å². The van der Waals surface area contributed by atoms with E-state index in [1.807, 2.05) is 0 Å². The molecule has 118 valence electrons. The lowest BCUT2D eigenvalue weighted by molar-refractivity contribution is -0.0498. The van der Waals surface area contributed by atoms with Crippen molar-refractivity contribution in [2.24, 2.45) is 0 Å². The van der Waals surface area contributed by atoms with Gasteiger partial charge in [0.25, 0.3) is 0 Å². The standard InChI is InChI=1S/C10H18N3O5P3/c1-11-6-2-3-13(10(16)12-6)9-8(15)7(14)5(18-9)4-17-20-21-19/h2-3,5,7-9,14-15,20-21H,4,19H2,1H3,(H,11,12,16)/t5-,7+,8?,9-/m1/s1. The van der Waals surface area contributed by atoms with Gasteiger partial charge in [-0.1, -0.05) is 7.96 Å². The number of aromatic nitrogens is 2. The molecule has 2 rings (SSSR count). The summed E-state index contributed by atoms with van der Waals surface area (Å²) in [7, 11) is 5.10. The minimum atomic E-state index is -1.21. The van der Waals surface area contributed by atoms with Gasteiger partial charge < -0.3 is 24.8 Å². The van der Waals surface area contributed by atoms with E-state index in [4.69, 9.17) is 9.26 Å². The molecule has 1 aliphatic heterocycles. The maximum absolute atomic E-state index is 11.9. The maximum atomic E-state index is 11.9. The Morgan fingerprint density at radius 2 is 2.33 bits per heavy atom. The highest BCUT2D eigenvalue weighted by molar-refractivity contribution is 8.37. The number of anilines is 1. The third-order valence-corrected chi connectivity index (χ3v) is 5.35. The van der Waals surface area contributed by atoms with E-state index in [2.05, 4.69) is 19.2 Å². The van der Waals surface area contributed by atoms with Gasteiger partial charge in [-0.15, -0.1) is 8.93 Å². The SMILES string of the molecule is CNc1ccn([C@@H]2O[C@H](COPPP)[C@H](O)C2O)c(=O)n1. The van der Waals surface area contributed by atoms with Gasteiger partial charge >= 0.3 is 5.69 Å². The fourth-order valence-electron chi connectivity index (χ4n) is 2.01. The van der Waals surface area contributed by atoms with E-state index in [-0.39, 0.29) is 6.61 Å². The monoisotopic (exact) mass is 353 g/mol. The van der Waals surface area contributed by atoms with E-state index < -0.39 is 30.2 Å². The fourth-order valence-corrected chi connectivity index (χ4v) is 3.59. The van der Waals surface area contributed by atoms with Crippen LogP contribution in [0.1, 0.15) is 6.23 Å². The third-order valence-electron chi connectivity index (χ3n) is 3.08. The van der Waals surface area contributed by atoms with Crippen molar-refractivity contribution in [2.75, 3.05) is 19.0 Å². The molecule has 0 bridgehead atoms. The Morgan fingerprint density at radius 3 is 2.95 bits per heavy atom. The molecule has 0 aromatic carbocycles. The van der Waals surface area contributed by atoms with Crippen LogP contribution < -0.4 is 11.0 Å². The molecule has 0 saturated carbocycles. The van der Waals surface area contributed by atoms with Crippen molar-refractivity contribution in [3.05, 3.63) is 22.7 Å². The highest BCUT2D eigenvalue weighted by Crippen LogP contribution is 2.44. The average molecular weight is 353 g/mol. The van der Waals surface area contributed by atoms with Crippen LogP contribution in [-0.4, -0.2) is 51.7 Å². The van der Waals surface area contributed by atoms with Crippen molar-refractivity contribution < 1.29 is 19.5 Å². The molecule has 7 atom stereocenters. The molecular formula is C10H18N3O5P3. The van der Waals surface area contributed by atoms with E-state index in [9.17, 15) is 15.0 Å². The second-order valence-electron chi connectivity index (χ2n) is 4.36. The number of rotatable bonds is 6. The van der Waals surface area contributed by atoms with Crippen LogP contribution in [0.2, 0.25) is 0 Å². The first kappa shape index (κ1) is 17.2. The van der Waals surface area contributed by atoms with Crippen molar-refractivity contribution >= 4 is 31.2 Å². The van der Waals surface area contributed by atoms with Gasteiger partial charge in [-0.25, -0.2) is 4.79 Å². The Kier molecular flexibility index (Phi) is 6.45. The number of ether oxygens (including phenoxy) is 1. The number of hydrogen-bond acceptors (Lipinski definition) is 7. The quantitative estimate of drug-likeness (QED) is 0.484. The summed E-state index contributed by atoms with van der Waals surface area (Å²) >= 11 is 0. The predicted molar refractivity (Wildman–Crippen MR) is 86.3 cm³/mol. The Hall–Kier alpha value is -0.190. The van der Waals surface area contributed by atoms with Crippen molar-refractivity contribution in [1.29, 1.82) is 0 Å². The topological polar surface area (TPSA) is 106 Å². The lowest BCUT2D eigenvalue weighted by atomic mass is 10.1. The molecule has 3 N–H and O–H groups in total. The summed E-state index contributed by atoms with van der Waals surface area (Å²) in [6.45, 7) is 0.172. The maximum Gasteiger partial charge on any atom is 0.351 e. The van der Waals surface area contributed by atoms with Crippen LogP contribution in [0.5, 0.6) is 0 Å². The van der Waals surface area contributed by atoms with Gasteiger partial charge in [0.05, 0.1) is 6.61 Å². The molecule has 2 heterocycles. The van der Waals surface area contributed by atoms with E-state index >= 15 is 0 Å². The summed E-state index contributed by atoms with van der Waals surface area (Å²) in [5.74, 6) is 0.423. The molecule has 0 aliphatic carbocycles. The summed E-state index contributed by atoms with van der Waals surface area (Å²) in [5.41, 5.74) is -0.562. The first-order valence-electron chi connectivity index (χ1n) is 6.19. The minimum absolute atomic E-state index is 0.172. The molecule has 1 aromatic rings. The van der Waals surface area contributed by atoms with Gasteiger partial charge in [0.15, 0.2) is 6.23 Å². The van der Waals surface area contributed by atoms with Gasteiger partial charge in [0, 0.05) is 21.7 Å². The van der Waals surface area contributed by atoms with Crippen LogP contribution in [0, 0.1) is 0 Å².